The van der Waals surface area contributed by atoms with E-state index in [1.807, 2.05) is 13.8 Å². The lowest BCUT2D eigenvalue weighted by atomic mass is 10.0. The zero-order chi connectivity index (χ0) is 14.4. The fraction of sp³-hybridized carbons (Fsp3) is 0.500. The second kappa shape index (κ2) is 7.60. The van der Waals surface area contributed by atoms with Gasteiger partial charge in [-0.25, -0.2) is 4.39 Å². The van der Waals surface area contributed by atoms with Crippen molar-refractivity contribution in [3.05, 3.63) is 28.5 Å². The predicted octanol–water partition coefficient (Wildman–Crippen LogP) is 3.68. The Balaban J connectivity index is 2.49. The number of benzene rings is 1. The van der Waals surface area contributed by atoms with Crippen LogP contribution in [0.5, 0.6) is 0 Å². The van der Waals surface area contributed by atoms with Crippen LogP contribution in [0, 0.1) is 11.7 Å². The molecule has 3 nitrogen and oxygen atoms in total. The Morgan fingerprint density at radius 3 is 2.68 bits per heavy atom. The van der Waals surface area contributed by atoms with Crippen LogP contribution in [0.3, 0.4) is 0 Å². The Labute approximate surface area is 121 Å². The van der Waals surface area contributed by atoms with Gasteiger partial charge in [-0.05, 0) is 53.9 Å². The maximum atomic E-state index is 12.9. The van der Waals surface area contributed by atoms with Crippen molar-refractivity contribution >= 4 is 27.5 Å². The smallest absolute Gasteiger partial charge is 0.227 e. The first-order valence-corrected chi connectivity index (χ1v) is 7.21. The lowest BCUT2D eigenvalue weighted by Gasteiger charge is -2.13. The number of carbonyl (C=O) groups excluding carboxylic acids is 1. The number of nitrogens with one attached hydrogen (secondary N) is 1. The second-order valence-electron chi connectivity index (χ2n) is 4.92. The number of hydrogen-bond donors (Lipinski definition) is 2. The van der Waals surface area contributed by atoms with Crippen molar-refractivity contribution in [1.29, 1.82) is 0 Å². The van der Waals surface area contributed by atoms with E-state index in [1.54, 1.807) is 6.07 Å². The Hall–Kier alpha value is -0.940. The molecule has 106 valence electrons. The minimum absolute atomic E-state index is 0.0583. The van der Waals surface area contributed by atoms with Crippen LogP contribution in [0.25, 0.3) is 0 Å². The summed E-state index contributed by atoms with van der Waals surface area (Å²) in [5.74, 6) is -0.484. The highest BCUT2D eigenvalue weighted by molar-refractivity contribution is 9.10. The number of anilines is 1. The summed E-state index contributed by atoms with van der Waals surface area (Å²) in [5, 5.41) is 2.79. The van der Waals surface area contributed by atoms with E-state index in [0.717, 1.165) is 19.3 Å². The van der Waals surface area contributed by atoms with Crippen LogP contribution in [0.2, 0.25) is 0 Å². The van der Waals surface area contributed by atoms with E-state index in [9.17, 15) is 9.18 Å². The number of nitrogens with two attached hydrogens (primary N) is 1. The summed E-state index contributed by atoms with van der Waals surface area (Å²) in [6.07, 6.45) is 2.64. The molecule has 19 heavy (non-hydrogen) atoms. The normalized spacial score (nSPS) is 13.9. The third-order valence-electron chi connectivity index (χ3n) is 2.93. The molecule has 5 heteroatoms. The molecular formula is C14H20BrFN2O. The van der Waals surface area contributed by atoms with E-state index in [-0.39, 0.29) is 23.7 Å². The van der Waals surface area contributed by atoms with Gasteiger partial charge in [-0.15, -0.1) is 0 Å². The molecule has 0 bridgehead atoms. The average Bonchev–Trinajstić information content (AvgIpc) is 2.32. The Morgan fingerprint density at radius 2 is 2.11 bits per heavy atom. The highest BCUT2D eigenvalue weighted by atomic mass is 79.9. The van der Waals surface area contributed by atoms with Crippen LogP contribution in [0.1, 0.15) is 33.1 Å². The van der Waals surface area contributed by atoms with Crippen LogP contribution >= 0.6 is 15.9 Å². The van der Waals surface area contributed by atoms with Gasteiger partial charge in [0.1, 0.15) is 5.82 Å². The fourth-order valence-electron chi connectivity index (χ4n) is 1.72. The lowest BCUT2D eigenvalue weighted by Crippen LogP contribution is -2.21. The third kappa shape index (κ3) is 5.70. The summed E-state index contributed by atoms with van der Waals surface area (Å²) in [6.45, 7) is 3.84. The largest absolute Gasteiger partial charge is 0.328 e. The van der Waals surface area contributed by atoms with Gasteiger partial charge in [0.15, 0.2) is 0 Å². The molecule has 0 radical (unpaired) electrons. The molecule has 0 fully saturated rings. The van der Waals surface area contributed by atoms with Gasteiger partial charge in [-0.2, -0.15) is 0 Å². The highest BCUT2D eigenvalue weighted by Crippen LogP contribution is 2.24. The summed E-state index contributed by atoms with van der Waals surface area (Å²) in [6, 6.07) is 4.37. The minimum atomic E-state index is -0.338. The van der Waals surface area contributed by atoms with Gasteiger partial charge in [0.2, 0.25) is 5.91 Å². The van der Waals surface area contributed by atoms with Crippen molar-refractivity contribution in [2.24, 2.45) is 11.7 Å². The predicted molar refractivity (Wildman–Crippen MR) is 79.4 cm³/mol. The molecule has 0 aliphatic rings. The standard InChI is InChI=1S/C14H20BrFN2O/c1-9(4-3-5-10(2)17)14(19)18-13-7-6-11(16)8-12(13)15/h6-10H,3-5,17H2,1-2H3,(H,18,19). The van der Waals surface area contributed by atoms with Crippen molar-refractivity contribution < 1.29 is 9.18 Å². The van der Waals surface area contributed by atoms with Crippen molar-refractivity contribution in [3.63, 3.8) is 0 Å². The molecule has 1 rings (SSSR count). The molecule has 0 heterocycles. The first kappa shape index (κ1) is 16.1. The molecule has 2 atom stereocenters. The second-order valence-corrected chi connectivity index (χ2v) is 5.78. The maximum absolute atomic E-state index is 12.9. The van der Waals surface area contributed by atoms with E-state index >= 15 is 0 Å². The van der Waals surface area contributed by atoms with E-state index in [4.69, 9.17) is 5.73 Å². The summed E-state index contributed by atoms with van der Waals surface area (Å²) in [5.41, 5.74) is 6.26. The summed E-state index contributed by atoms with van der Waals surface area (Å²) >= 11 is 3.23. The number of amides is 1. The highest BCUT2D eigenvalue weighted by Gasteiger charge is 2.14. The van der Waals surface area contributed by atoms with E-state index < -0.39 is 0 Å². The summed E-state index contributed by atoms with van der Waals surface area (Å²) in [4.78, 5) is 12.0. The third-order valence-corrected chi connectivity index (χ3v) is 3.59. The van der Waals surface area contributed by atoms with Crippen molar-refractivity contribution in [2.45, 2.75) is 39.2 Å². The first-order valence-electron chi connectivity index (χ1n) is 6.41. The molecule has 3 N–H and O–H groups in total. The Kier molecular flexibility index (Phi) is 6.45. The molecule has 1 amide bonds. The molecule has 0 aliphatic heterocycles. The Morgan fingerprint density at radius 1 is 1.42 bits per heavy atom. The van der Waals surface area contributed by atoms with Crippen LogP contribution in [0.4, 0.5) is 10.1 Å². The lowest BCUT2D eigenvalue weighted by molar-refractivity contribution is -0.119. The average molecular weight is 331 g/mol. The molecule has 2 unspecified atom stereocenters. The molecular weight excluding hydrogens is 311 g/mol. The van der Waals surface area contributed by atoms with Crippen LogP contribution in [-0.2, 0) is 4.79 Å². The summed E-state index contributed by atoms with van der Waals surface area (Å²) in [7, 11) is 0. The van der Waals surface area contributed by atoms with Crippen LogP contribution in [0.15, 0.2) is 22.7 Å². The first-order chi connectivity index (χ1) is 8.90. The van der Waals surface area contributed by atoms with Crippen LogP contribution in [-0.4, -0.2) is 11.9 Å². The van der Waals surface area contributed by atoms with Crippen molar-refractivity contribution in [2.75, 3.05) is 5.32 Å². The summed E-state index contributed by atoms with van der Waals surface area (Å²) < 4.78 is 13.5. The molecule has 0 aromatic heterocycles. The van der Waals surface area contributed by atoms with Crippen molar-refractivity contribution in [1.82, 2.24) is 0 Å². The molecule has 0 spiro atoms. The van der Waals surface area contributed by atoms with Gasteiger partial charge in [0.25, 0.3) is 0 Å². The van der Waals surface area contributed by atoms with Gasteiger partial charge in [-0.3, -0.25) is 4.79 Å². The number of halogens is 2. The van der Waals surface area contributed by atoms with Gasteiger partial charge in [-0.1, -0.05) is 13.3 Å². The van der Waals surface area contributed by atoms with Gasteiger partial charge >= 0.3 is 0 Å². The van der Waals surface area contributed by atoms with E-state index in [1.165, 1.54) is 12.1 Å². The minimum Gasteiger partial charge on any atom is -0.328 e. The monoisotopic (exact) mass is 330 g/mol. The zero-order valence-corrected chi connectivity index (χ0v) is 12.8. The number of carbonyl (C=O) groups is 1. The quantitative estimate of drug-likeness (QED) is 0.835. The molecule has 1 aromatic carbocycles. The molecule has 0 saturated heterocycles. The topological polar surface area (TPSA) is 55.1 Å². The number of hydrogen-bond acceptors (Lipinski definition) is 2. The van der Waals surface area contributed by atoms with Gasteiger partial charge in [0.05, 0.1) is 5.69 Å². The number of rotatable bonds is 6. The zero-order valence-electron chi connectivity index (χ0n) is 11.2. The van der Waals surface area contributed by atoms with Crippen molar-refractivity contribution in [3.8, 4) is 0 Å². The Bertz CT molecular complexity index is 437. The van der Waals surface area contributed by atoms with E-state index in [2.05, 4.69) is 21.2 Å². The molecule has 0 aliphatic carbocycles. The molecule has 0 saturated carbocycles. The van der Waals surface area contributed by atoms with Gasteiger partial charge < -0.3 is 11.1 Å². The fourth-order valence-corrected chi connectivity index (χ4v) is 2.17. The molecule has 1 aromatic rings. The van der Waals surface area contributed by atoms with E-state index in [0.29, 0.717) is 10.2 Å². The maximum Gasteiger partial charge on any atom is 0.227 e. The van der Waals surface area contributed by atoms with Crippen LogP contribution < -0.4 is 11.1 Å². The van der Waals surface area contributed by atoms with Gasteiger partial charge in [0, 0.05) is 16.4 Å². The SMILES string of the molecule is CC(N)CCCC(C)C(=O)Nc1ccc(F)cc1Br.